The summed E-state index contributed by atoms with van der Waals surface area (Å²) in [6.45, 7) is 5.97. The van der Waals surface area contributed by atoms with Gasteiger partial charge in [-0.3, -0.25) is 13.6 Å². The van der Waals surface area contributed by atoms with Gasteiger partial charge in [0.1, 0.15) is 19.6 Å². The van der Waals surface area contributed by atoms with Crippen LogP contribution in [0.4, 0.5) is 17.6 Å². The van der Waals surface area contributed by atoms with E-state index in [9.17, 15) is 27.0 Å². The maximum atomic E-state index is 15.1. The van der Waals surface area contributed by atoms with Gasteiger partial charge in [0.05, 0.1) is 21.4 Å². The lowest BCUT2D eigenvalue weighted by atomic mass is 10.2. The van der Waals surface area contributed by atoms with Crippen LogP contribution in [-0.2, 0) is 24.0 Å². The molecule has 2 aromatic rings. The van der Waals surface area contributed by atoms with Crippen molar-refractivity contribution in [3.05, 3.63) is 56.1 Å². The first kappa shape index (κ1) is 25.2. The Balaban J connectivity index is 2.28. The van der Waals surface area contributed by atoms with E-state index in [1.54, 1.807) is 0 Å². The van der Waals surface area contributed by atoms with E-state index in [0.717, 1.165) is 32.0 Å². The molecule has 1 atom stereocenters. The van der Waals surface area contributed by atoms with Crippen molar-refractivity contribution < 1.29 is 21.8 Å². The molecule has 33 heavy (non-hydrogen) atoms. The third kappa shape index (κ3) is 5.38. The van der Waals surface area contributed by atoms with Crippen LogP contribution in [0.3, 0.4) is 0 Å². The minimum atomic E-state index is -4.93. The largest absolute Gasteiger partial charge is 0.431 e. The van der Waals surface area contributed by atoms with Crippen molar-refractivity contribution in [2.45, 2.75) is 61.6 Å². The van der Waals surface area contributed by atoms with E-state index in [-0.39, 0.29) is 26.3 Å². The molecule has 0 radical (unpaired) electrons. The van der Waals surface area contributed by atoms with Crippen LogP contribution in [0.5, 0.6) is 0 Å². The number of rotatable bonds is 3. The van der Waals surface area contributed by atoms with Crippen LogP contribution in [0.2, 0.25) is 19.6 Å². The van der Waals surface area contributed by atoms with Crippen LogP contribution in [0.25, 0.3) is 5.69 Å². The van der Waals surface area contributed by atoms with Crippen molar-refractivity contribution >= 4 is 18.9 Å². The van der Waals surface area contributed by atoms with Gasteiger partial charge in [-0.25, -0.2) is 13.8 Å². The summed E-state index contributed by atoms with van der Waals surface area (Å²) >= 11 is 0. The van der Waals surface area contributed by atoms with Gasteiger partial charge in [0, 0.05) is 23.9 Å². The molecule has 0 N–H and O–H groups in total. The number of benzene rings is 1. The molecule has 3 rings (SSSR count). The number of hydrogen-bond donors (Lipinski definition) is 0. The molecule has 1 aliphatic carbocycles. The zero-order chi connectivity index (χ0) is 24.7. The minimum Gasteiger partial charge on any atom is -0.292 e. The Hall–Kier alpha value is -2.45. The van der Waals surface area contributed by atoms with Gasteiger partial charge in [0.15, 0.2) is 0 Å². The lowest BCUT2D eigenvalue weighted by molar-refractivity contribution is -0.144. The second-order valence-corrected chi connectivity index (χ2v) is 15.5. The first-order valence-electron chi connectivity index (χ1n) is 10.4. The van der Waals surface area contributed by atoms with Crippen LogP contribution < -0.4 is 11.2 Å². The van der Waals surface area contributed by atoms with E-state index in [1.807, 2.05) is 19.6 Å². The first-order chi connectivity index (χ1) is 15.2. The maximum Gasteiger partial charge on any atom is 0.431 e. The number of nitrogens with zero attached hydrogens (tertiary/aromatic N) is 2. The highest BCUT2D eigenvalue weighted by atomic mass is 32.2. The van der Waals surface area contributed by atoms with Crippen molar-refractivity contribution in [2.75, 3.05) is 0 Å². The zero-order valence-corrected chi connectivity index (χ0v) is 20.5. The molecular formula is C22H24F4N2O3SSi. The van der Waals surface area contributed by atoms with Crippen LogP contribution in [0, 0.1) is 17.3 Å². The highest BCUT2D eigenvalue weighted by Crippen LogP contribution is 2.31. The van der Waals surface area contributed by atoms with Gasteiger partial charge < -0.3 is 0 Å². The fourth-order valence-corrected chi connectivity index (χ4v) is 5.82. The van der Waals surface area contributed by atoms with Gasteiger partial charge in [-0.15, -0.1) is 5.54 Å². The Kier molecular flexibility index (Phi) is 6.91. The molecule has 1 heterocycles. The van der Waals surface area contributed by atoms with Crippen LogP contribution >= 0.6 is 0 Å². The SMILES string of the molecule is Cn1c(C(F)(F)F)cc(=O)n(-c2cc(S(=O)C3CCCC3)c(C#C[Si](C)(C)C)cc2F)c1=O. The summed E-state index contributed by atoms with van der Waals surface area (Å²) in [5, 5.41) is -0.178. The van der Waals surface area contributed by atoms with Gasteiger partial charge in [0.2, 0.25) is 0 Å². The summed E-state index contributed by atoms with van der Waals surface area (Å²) in [4.78, 5) is 25.3. The molecule has 0 aliphatic heterocycles. The molecule has 1 unspecified atom stereocenters. The quantitative estimate of drug-likeness (QED) is 0.364. The van der Waals surface area contributed by atoms with Crippen molar-refractivity contribution in [1.82, 2.24) is 9.13 Å². The lowest BCUT2D eigenvalue weighted by Gasteiger charge is -2.17. The van der Waals surface area contributed by atoms with Crippen molar-refractivity contribution in [1.29, 1.82) is 0 Å². The number of alkyl halides is 3. The molecule has 1 aliphatic rings. The van der Waals surface area contributed by atoms with Crippen molar-refractivity contribution in [3.8, 4) is 17.2 Å². The average molecular weight is 501 g/mol. The van der Waals surface area contributed by atoms with Gasteiger partial charge in [-0.1, -0.05) is 38.4 Å². The predicted octanol–water partition coefficient (Wildman–Crippen LogP) is 3.97. The zero-order valence-electron chi connectivity index (χ0n) is 18.7. The third-order valence-electron chi connectivity index (χ3n) is 5.29. The average Bonchev–Trinajstić information content (AvgIpc) is 3.23. The molecule has 1 aromatic carbocycles. The van der Waals surface area contributed by atoms with Crippen molar-refractivity contribution in [3.63, 3.8) is 0 Å². The van der Waals surface area contributed by atoms with Crippen LogP contribution in [0.15, 0.2) is 32.7 Å². The topological polar surface area (TPSA) is 61.1 Å². The van der Waals surface area contributed by atoms with E-state index in [0.29, 0.717) is 17.4 Å². The van der Waals surface area contributed by atoms with Gasteiger partial charge >= 0.3 is 11.9 Å². The Labute approximate surface area is 191 Å². The van der Waals surface area contributed by atoms with E-state index in [4.69, 9.17) is 0 Å². The van der Waals surface area contributed by atoms with Crippen LogP contribution in [0.1, 0.15) is 36.9 Å². The van der Waals surface area contributed by atoms with E-state index in [1.165, 1.54) is 0 Å². The van der Waals surface area contributed by atoms with Crippen molar-refractivity contribution in [2.24, 2.45) is 7.05 Å². The summed E-state index contributed by atoms with van der Waals surface area (Å²) in [5.41, 5.74) is -1.39. The Morgan fingerprint density at radius 3 is 2.24 bits per heavy atom. The molecule has 5 nitrogen and oxygen atoms in total. The smallest absolute Gasteiger partial charge is 0.292 e. The fraction of sp³-hybridized carbons (Fsp3) is 0.455. The second-order valence-electron chi connectivity index (χ2n) is 9.05. The first-order valence-corrected chi connectivity index (χ1v) is 15.1. The highest BCUT2D eigenvalue weighted by Gasteiger charge is 2.35. The molecule has 11 heteroatoms. The molecule has 0 saturated heterocycles. The second kappa shape index (κ2) is 9.06. The molecule has 1 aromatic heterocycles. The molecule has 1 fully saturated rings. The number of aromatic nitrogens is 2. The normalized spacial score (nSPS) is 15.9. The Bertz CT molecular complexity index is 1290. The van der Waals surface area contributed by atoms with Crippen LogP contribution in [-0.4, -0.2) is 26.7 Å². The van der Waals surface area contributed by atoms with Gasteiger partial charge in [-0.05, 0) is 25.0 Å². The standard InChI is InChI=1S/C22H24F4N2O3SSi/c1-27-19(22(24,25)26)13-20(29)28(21(27)30)17-12-18(32(31)15-7-5-6-8-15)14(11-16(17)23)9-10-33(2,3)4/h11-13,15H,5-8H2,1-4H3. The predicted molar refractivity (Wildman–Crippen MR) is 121 cm³/mol. The summed E-state index contributed by atoms with van der Waals surface area (Å²) in [5.74, 6) is 1.89. The minimum absolute atomic E-state index is 0.178. The lowest BCUT2D eigenvalue weighted by Crippen LogP contribution is -2.41. The molecule has 0 spiro atoms. The molecule has 178 valence electrons. The number of halogens is 4. The monoisotopic (exact) mass is 500 g/mol. The summed E-state index contributed by atoms with van der Waals surface area (Å²) < 4.78 is 68.5. The summed E-state index contributed by atoms with van der Waals surface area (Å²) in [6, 6.07) is 2.37. The molecular weight excluding hydrogens is 476 g/mol. The highest BCUT2D eigenvalue weighted by molar-refractivity contribution is 7.85. The molecule has 0 amide bonds. The van der Waals surface area contributed by atoms with E-state index >= 15 is 4.39 Å². The summed E-state index contributed by atoms with van der Waals surface area (Å²) in [7, 11) is -2.61. The Morgan fingerprint density at radius 1 is 1.09 bits per heavy atom. The number of hydrogen-bond acceptors (Lipinski definition) is 3. The molecule has 1 saturated carbocycles. The van der Waals surface area contributed by atoms with E-state index < -0.39 is 53.5 Å². The molecule has 0 bridgehead atoms. The summed E-state index contributed by atoms with van der Waals surface area (Å²) in [6.07, 6.45) is -1.71. The third-order valence-corrected chi connectivity index (χ3v) is 8.02. The van der Waals surface area contributed by atoms with E-state index in [2.05, 4.69) is 11.5 Å². The van der Waals surface area contributed by atoms with Gasteiger partial charge in [-0.2, -0.15) is 13.2 Å². The Morgan fingerprint density at radius 2 is 1.70 bits per heavy atom. The fourth-order valence-electron chi connectivity index (χ4n) is 3.63. The van der Waals surface area contributed by atoms with Gasteiger partial charge in [0.25, 0.3) is 5.56 Å². The maximum absolute atomic E-state index is 15.1.